The maximum atomic E-state index is 13.2. The van der Waals surface area contributed by atoms with Gasteiger partial charge in [0.05, 0.1) is 24.7 Å². The zero-order valence-electron chi connectivity index (χ0n) is 11.0. The monoisotopic (exact) mass is 317 g/mol. The van der Waals surface area contributed by atoms with Gasteiger partial charge in [0.15, 0.2) is 0 Å². The highest BCUT2D eigenvalue weighted by Crippen LogP contribution is 2.23. The van der Waals surface area contributed by atoms with Crippen molar-refractivity contribution >= 4 is 27.7 Å². The summed E-state index contributed by atoms with van der Waals surface area (Å²) in [6.07, 6.45) is 2.03. The van der Waals surface area contributed by atoms with E-state index in [1.54, 1.807) is 0 Å². The van der Waals surface area contributed by atoms with Crippen LogP contribution in [0.25, 0.3) is 0 Å². The van der Waals surface area contributed by atoms with Crippen molar-refractivity contribution in [2.45, 2.75) is 13.0 Å². The summed E-state index contributed by atoms with van der Waals surface area (Å²) in [5, 5.41) is 2.11. The van der Waals surface area contributed by atoms with Crippen LogP contribution in [0.1, 0.15) is 12.0 Å². The molecule has 0 aromatic carbocycles. The van der Waals surface area contributed by atoms with Gasteiger partial charge in [-0.25, -0.2) is 9.78 Å². The molecule has 0 unspecified atom stereocenters. The lowest BCUT2D eigenvalue weighted by Gasteiger charge is -2.27. The molecule has 1 N–H and O–H groups in total. The van der Waals surface area contributed by atoms with Crippen molar-refractivity contribution in [3.05, 3.63) is 23.8 Å². The standard InChI is InChI=1S/C11H12FN3O5S/c1-21(18,19)20-6-7-4-9(12)13-5-8(7)15-3-2-10(16)14-11(15)17/h4-5H,2-3,6H2,1H3,(H,14,16,17). The fraction of sp³-hybridized carbons (Fsp3) is 0.364. The summed E-state index contributed by atoms with van der Waals surface area (Å²) in [6, 6.07) is 0.296. The molecule has 1 aromatic rings. The largest absolute Gasteiger partial charge is 0.328 e. The zero-order chi connectivity index (χ0) is 15.6. The Morgan fingerprint density at radius 3 is 2.81 bits per heavy atom. The second-order valence-corrected chi connectivity index (χ2v) is 6.00. The van der Waals surface area contributed by atoms with Gasteiger partial charge in [-0.1, -0.05) is 0 Å². The van der Waals surface area contributed by atoms with E-state index in [4.69, 9.17) is 0 Å². The smallest absolute Gasteiger partial charge is 0.292 e. The zero-order valence-corrected chi connectivity index (χ0v) is 11.8. The van der Waals surface area contributed by atoms with Crippen LogP contribution < -0.4 is 10.2 Å². The first-order chi connectivity index (χ1) is 9.76. The van der Waals surface area contributed by atoms with Crippen molar-refractivity contribution in [1.29, 1.82) is 0 Å². The van der Waals surface area contributed by atoms with Gasteiger partial charge < -0.3 is 0 Å². The van der Waals surface area contributed by atoms with E-state index in [2.05, 4.69) is 14.5 Å². The number of rotatable bonds is 4. The summed E-state index contributed by atoms with van der Waals surface area (Å²) in [5.41, 5.74) is 0.322. The number of hydrogen-bond donors (Lipinski definition) is 1. The number of carbonyl (C=O) groups excluding carboxylic acids is 2. The number of carbonyl (C=O) groups is 2. The summed E-state index contributed by atoms with van der Waals surface area (Å²) in [5.74, 6) is -1.25. The summed E-state index contributed by atoms with van der Waals surface area (Å²) >= 11 is 0. The first-order valence-electron chi connectivity index (χ1n) is 5.86. The maximum absolute atomic E-state index is 13.2. The number of hydrogen-bond acceptors (Lipinski definition) is 6. The van der Waals surface area contributed by atoms with E-state index in [0.717, 1.165) is 18.5 Å². The van der Waals surface area contributed by atoms with E-state index in [-0.39, 0.29) is 24.2 Å². The number of halogens is 1. The Balaban J connectivity index is 2.30. The van der Waals surface area contributed by atoms with Crippen LogP contribution in [0.3, 0.4) is 0 Å². The third kappa shape index (κ3) is 3.95. The molecule has 1 fully saturated rings. The maximum Gasteiger partial charge on any atom is 0.328 e. The van der Waals surface area contributed by atoms with Gasteiger partial charge in [0.1, 0.15) is 0 Å². The van der Waals surface area contributed by atoms with Gasteiger partial charge in [0.2, 0.25) is 11.9 Å². The minimum absolute atomic E-state index is 0.0789. The molecular weight excluding hydrogens is 305 g/mol. The Morgan fingerprint density at radius 2 is 2.19 bits per heavy atom. The first-order valence-corrected chi connectivity index (χ1v) is 7.68. The number of pyridine rings is 1. The molecule has 0 aliphatic carbocycles. The number of urea groups is 1. The predicted molar refractivity (Wildman–Crippen MR) is 69.3 cm³/mol. The van der Waals surface area contributed by atoms with Crippen LogP contribution in [0, 0.1) is 5.95 Å². The average Bonchev–Trinajstić information content (AvgIpc) is 2.36. The lowest BCUT2D eigenvalue weighted by atomic mass is 10.2. The van der Waals surface area contributed by atoms with Crippen LogP contribution in [-0.2, 0) is 25.7 Å². The minimum atomic E-state index is -3.72. The van der Waals surface area contributed by atoms with E-state index in [1.165, 1.54) is 4.90 Å². The molecular formula is C11H12FN3O5S. The van der Waals surface area contributed by atoms with Crippen LogP contribution in [0.15, 0.2) is 12.3 Å². The van der Waals surface area contributed by atoms with E-state index in [0.29, 0.717) is 0 Å². The predicted octanol–water partition coefficient (Wildman–Crippen LogP) is 0.143. The van der Waals surface area contributed by atoms with Crippen LogP contribution in [0.2, 0.25) is 0 Å². The van der Waals surface area contributed by atoms with Crippen molar-refractivity contribution in [2.75, 3.05) is 17.7 Å². The van der Waals surface area contributed by atoms with Gasteiger partial charge in [0, 0.05) is 24.6 Å². The van der Waals surface area contributed by atoms with Crippen LogP contribution in [0.5, 0.6) is 0 Å². The molecule has 1 aromatic heterocycles. The lowest BCUT2D eigenvalue weighted by Crippen LogP contribution is -2.50. The number of anilines is 1. The number of nitrogens with one attached hydrogen (secondary N) is 1. The van der Waals surface area contributed by atoms with Crippen LogP contribution in [-0.4, -0.2) is 38.1 Å². The molecule has 2 heterocycles. The van der Waals surface area contributed by atoms with Gasteiger partial charge in [-0.15, -0.1) is 0 Å². The van der Waals surface area contributed by atoms with Crippen LogP contribution >= 0.6 is 0 Å². The molecule has 0 radical (unpaired) electrons. The topological polar surface area (TPSA) is 106 Å². The molecule has 0 atom stereocenters. The number of aromatic nitrogens is 1. The molecule has 0 bridgehead atoms. The molecule has 8 nitrogen and oxygen atoms in total. The summed E-state index contributed by atoms with van der Waals surface area (Å²) in [7, 11) is -3.72. The molecule has 3 amide bonds. The Kier molecular flexibility index (Phi) is 4.19. The second-order valence-electron chi connectivity index (χ2n) is 4.36. The fourth-order valence-electron chi connectivity index (χ4n) is 1.78. The summed E-state index contributed by atoms with van der Waals surface area (Å²) in [6.45, 7) is -0.352. The highest BCUT2D eigenvalue weighted by Gasteiger charge is 2.26. The number of imide groups is 1. The van der Waals surface area contributed by atoms with Gasteiger partial charge in [-0.05, 0) is 0 Å². The van der Waals surface area contributed by atoms with Crippen molar-refractivity contribution in [3.63, 3.8) is 0 Å². The SMILES string of the molecule is CS(=O)(=O)OCc1cc(F)ncc1N1CCC(=O)NC1=O. The molecule has 1 aliphatic heterocycles. The van der Waals surface area contributed by atoms with Crippen molar-refractivity contribution in [1.82, 2.24) is 10.3 Å². The average molecular weight is 317 g/mol. The normalized spacial score (nSPS) is 16.0. The Morgan fingerprint density at radius 1 is 1.48 bits per heavy atom. The highest BCUT2D eigenvalue weighted by molar-refractivity contribution is 7.85. The van der Waals surface area contributed by atoms with Gasteiger partial charge in [0.25, 0.3) is 10.1 Å². The Hall–Kier alpha value is -2.07. The third-order valence-corrected chi connectivity index (χ3v) is 3.25. The quantitative estimate of drug-likeness (QED) is 0.625. The molecule has 21 heavy (non-hydrogen) atoms. The van der Waals surface area contributed by atoms with Crippen LogP contribution in [0.4, 0.5) is 14.9 Å². The molecule has 0 spiro atoms. The molecule has 0 saturated carbocycles. The van der Waals surface area contributed by atoms with Gasteiger partial charge >= 0.3 is 6.03 Å². The summed E-state index contributed by atoms with van der Waals surface area (Å²) in [4.78, 5) is 27.5. The lowest BCUT2D eigenvalue weighted by molar-refractivity contribution is -0.120. The van der Waals surface area contributed by atoms with Crippen molar-refractivity contribution in [3.8, 4) is 0 Å². The first kappa shape index (κ1) is 15.3. The minimum Gasteiger partial charge on any atom is -0.292 e. The van der Waals surface area contributed by atoms with Crippen molar-refractivity contribution in [2.24, 2.45) is 0 Å². The van der Waals surface area contributed by atoms with E-state index in [1.807, 2.05) is 0 Å². The molecule has 2 rings (SSSR count). The van der Waals surface area contributed by atoms with E-state index >= 15 is 0 Å². The number of nitrogens with zero attached hydrogens (tertiary/aromatic N) is 2. The van der Waals surface area contributed by atoms with Gasteiger partial charge in [-0.2, -0.15) is 12.8 Å². The van der Waals surface area contributed by atoms with E-state index in [9.17, 15) is 22.4 Å². The Bertz CT molecular complexity index is 691. The van der Waals surface area contributed by atoms with E-state index < -0.39 is 34.6 Å². The fourth-order valence-corrected chi connectivity index (χ4v) is 2.12. The second kappa shape index (κ2) is 5.74. The highest BCUT2D eigenvalue weighted by atomic mass is 32.2. The molecule has 1 aliphatic rings. The van der Waals surface area contributed by atoms with Gasteiger partial charge in [-0.3, -0.25) is 19.2 Å². The third-order valence-electron chi connectivity index (χ3n) is 2.71. The molecule has 114 valence electrons. The summed E-state index contributed by atoms with van der Waals surface area (Å²) < 4.78 is 39.8. The number of amides is 3. The molecule has 10 heteroatoms. The molecule has 1 saturated heterocycles. The Labute approximate surface area is 120 Å². The van der Waals surface area contributed by atoms with Crippen molar-refractivity contribution < 1.29 is 26.6 Å².